The lowest BCUT2D eigenvalue weighted by atomic mass is 10.1. The van der Waals surface area contributed by atoms with Crippen LogP contribution in [0.1, 0.15) is 37.0 Å². The van der Waals surface area contributed by atoms with Gasteiger partial charge in [-0.25, -0.2) is 8.42 Å². The quantitative estimate of drug-likeness (QED) is 0.267. The summed E-state index contributed by atoms with van der Waals surface area (Å²) in [5.41, 5.74) is 2.71. The SMILES string of the molecule is CCCNC(=O)C(C)N(Cc1ccc(Cl)cc1Cl)C(=O)CN(c1ccc(C)c(C)c1)S(=O)(=O)c1ccc(Cl)cc1. The number of carbonyl (C=O) groups excluding carboxylic acids is 2. The minimum atomic E-state index is -4.19. The molecule has 0 bridgehead atoms. The van der Waals surface area contributed by atoms with E-state index in [4.69, 9.17) is 34.8 Å². The molecule has 3 rings (SSSR count). The highest BCUT2D eigenvalue weighted by Crippen LogP contribution is 2.28. The fraction of sp³-hybridized carbons (Fsp3) is 0.310. The van der Waals surface area contributed by atoms with Crippen molar-refractivity contribution in [2.24, 2.45) is 0 Å². The number of nitrogens with one attached hydrogen (secondary N) is 1. The second kappa shape index (κ2) is 13.7. The normalized spacial score (nSPS) is 12.1. The van der Waals surface area contributed by atoms with Gasteiger partial charge in [-0.05, 0) is 92.4 Å². The second-order valence-corrected chi connectivity index (χ2v) is 12.6. The molecule has 0 radical (unpaired) electrons. The summed E-state index contributed by atoms with van der Waals surface area (Å²) in [6.07, 6.45) is 0.718. The number of nitrogens with zero attached hydrogens (tertiary/aromatic N) is 2. The van der Waals surface area contributed by atoms with Crippen molar-refractivity contribution in [3.8, 4) is 0 Å². The van der Waals surface area contributed by atoms with Crippen LogP contribution in [0.15, 0.2) is 65.6 Å². The van der Waals surface area contributed by atoms with Crippen molar-refractivity contribution in [3.05, 3.63) is 92.4 Å². The van der Waals surface area contributed by atoms with E-state index >= 15 is 0 Å². The largest absolute Gasteiger partial charge is 0.354 e. The molecule has 0 heterocycles. The molecule has 3 aromatic carbocycles. The first-order valence-corrected chi connectivity index (χ1v) is 15.3. The maximum Gasteiger partial charge on any atom is 0.264 e. The molecule has 0 aromatic heterocycles. The maximum atomic E-state index is 14.0. The van der Waals surface area contributed by atoms with Gasteiger partial charge >= 0.3 is 0 Å². The summed E-state index contributed by atoms with van der Waals surface area (Å²) in [5.74, 6) is -0.945. The fourth-order valence-electron chi connectivity index (χ4n) is 3.96. The Morgan fingerprint density at radius 3 is 2.15 bits per heavy atom. The molecular weight excluding hydrogens is 593 g/mol. The number of benzene rings is 3. The minimum absolute atomic E-state index is 0.0241. The lowest BCUT2D eigenvalue weighted by Crippen LogP contribution is -2.51. The maximum absolute atomic E-state index is 14.0. The molecule has 0 aliphatic carbocycles. The summed E-state index contributed by atoms with van der Waals surface area (Å²) in [6.45, 7) is 7.15. The van der Waals surface area contributed by atoms with Gasteiger partial charge in [0.1, 0.15) is 12.6 Å². The van der Waals surface area contributed by atoms with Crippen molar-refractivity contribution in [3.63, 3.8) is 0 Å². The van der Waals surface area contributed by atoms with Crippen LogP contribution in [0.25, 0.3) is 0 Å². The molecule has 214 valence electrons. The molecule has 1 N–H and O–H groups in total. The summed E-state index contributed by atoms with van der Waals surface area (Å²) in [5, 5.41) is 3.94. The van der Waals surface area contributed by atoms with Crippen LogP contribution in [0.3, 0.4) is 0 Å². The van der Waals surface area contributed by atoms with E-state index in [-0.39, 0.29) is 17.3 Å². The number of hydrogen-bond acceptors (Lipinski definition) is 4. The van der Waals surface area contributed by atoms with Gasteiger partial charge in [-0.2, -0.15) is 0 Å². The number of amides is 2. The number of rotatable bonds is 11. The van der Waals surface area contributed by atoms with Gasteiger partial charge in [0.25, 0.3) is 10.0 Å². The number of sulfonamides is 1. The van der Waals surface area contributed by atoms with Crippen molar-refractivity contribution in [2.45, 2.75) is 51.6 Å². The number of anilines is 1. The van der Waals surface area contributed by atoms with E-state index < -0.39 is 28.5 Å². The molecule has 0 saturated carbocycles. The molecule has 2 amide bonds. The molecule has 0 aliphatic heterocycles. The average molecular weight is 625 g/mol. The van der Waals surface area contributed by atoms with Crippen LogP contribution in [0.2, 0.25) is 15.1 Å². The van der Waals surface area contributed by atoms with Crippen LogP contribution in [-0.4, -0.2) is 44.3 Å². The smallest absolute Gasteiger partial charge is 0.264 e. The van der Waals surface area contributed by atoms with Crippen molar-refractivity contribution in [1.29, 1.82) is 0 Å². The summed E-state index contributed by atoms with van der Waals surface area (Å²) < 4.78 is 28.8. The Kier molecular flexibility index (Phi) is 10.9. The van der Waals surface area contributed by atoms with Crippen LogP contribution in [0, 0.1) is 13.8 Å². The lowest BCUT2D eigenvalue weighted by molar-refractivity contribution is -0.139. The summed E-state index contributed by atoms with van der Waals surface area (Å²) >= 11 is 18.5. The number of carbonyl (C=O) groups is 2. The van der Waals surface area contributed by atoms with Gasteiger partial charge in [-0.1, -0.05) is 53.9 Å². The summed E-state index contributed by atoms with van der Waals surface area (Å²) in [4.78, 5) is 28.2. The van der Waals surface area contributed by atoms with Gasteiger partial charge in [0.2, 0.25) is 11.8 Å². The zero-order chi connectivity index (χ0) is 29.6. The number of halogens is 3. The van der Waals surface area contributed by atoms with Crippen LogP contribution in [-0.2, 0) is 26.2 Å². The average Bonchev–Trinajstić information content (AvgIpc) is 2.91. The Balaban J connectivity index is 2.06. The van der Waals surface area contributed by atoms with E-state index in [9.17, 15) is 18.0 Å². The molecule has 40 heavy (non-hydrogen) atoms. The van der Waals surface area contributed by atoms with Gasteiger partial charge in [0, 0.05) is 28.2 Å². The van der Waals surface area contributed by atoms with Gasteiger partial charge in [0.05, 0.1) is 10.6 Å². The second-order valence-electron chi connectivity index (χ2n) is 9.46. The van der Waals surface area contributed by atoms with Gasteiger partial charge in [0.15, 0.2) is 0 Å². The number of aryl methyl sites for hydroxylation is 2. The summed E-state index contributed by atoms with van der Waals surface area (Å²) in [7, 11) is -4.19. The third-order valence-electron chi connectivity index (χ3n) is 6.53. The van der Waals surface area contributed by atoms with Gasteiger partial charge < -0.3 is 10.2 Å². The zero-order valence-corrected chi connectivity index (χ0v) is 25.8. The van der Waals surface area contributed by atoms with Crippen LogP contribution >= 0.6 is 34.8 Å². The lowest BCUT2D eigenvalue weighted by Gasteiger charge is -2.32. The van der Waals surface area contributed by atoms with Crippen molar-refractivity contribution in [2.75, 3.05) is 17.4 Å². The molecule has 0 saturated heterocycles. The van der Waals surface area contributed by atoms with Gasteiger partial charge in [-0.3, -0.25) is 13.9 Å². The number of hydrogen-bond donors (Lipinski definition) is 1. The Hall–Kier alpha value is -2.78. The molecular formula is C29H32Cl3N3O4S. The van der Waals surface area contributed by atoms with Gasteiger partial charge in [-0.15, -0.1) is 0 Å². The first-order chi connectivity index (χ1) is 18.8. The predicted molar refractivity (Wildman–Crippen MR) is 162 cm³/mol. The molecule has 11 heteroatoms. The Morgan fingerprint density at radius 2 is 1.55 bits per heavy atom. The zero-order valence-electron chi connectivity index (χ0n) is 22.7. The predicted octanol–water partition coefficient (Wildman–Crippen LogP) is 6.40. The minimum Gasteiger partial charge on any atom is -0.354 e. The van der Waals surface area contributed by atoms with Crippen molar-refractivity contribution < 1.29 is 18.0 Å². The van der Waals surface area contributed by atoms with E-state index in [1.807, 2.05) is 20.8 Å². The van der Waals surface area contributed by atoms with E-state index in [1.165, 1.54) is 29.2 Å². The highest BCUT2D eigenvalue weighted by Gasteiger charge is 2.33. The van der Waals surface area contributed by atoms with E-state index in [1.54, 1.807) is 43.3 Å². The first kappa shape index (κ1) is 31.7. The van der Waals surface area contributed by atoms with Crippen LogP contribution in [0.5, 0.6) is 0 Å². The third-order valence-corrected chi connectivity index (χ3v) is 9.16. The third kappa shape index (κ3) is 7.69. The molecule has 1 atom stereocenters. The Morgan fingerprint density at radius 1 is 0.900 bits per heavy atom. The highest BCUT2D eigenvalue weighted by atomic mass is 35.5. The topological polar surface area (TPSA) is 86.8 Å². The van der Waals surface area contributed by atoms with E-state index in [0.29, 0.717) is 32.9 Å². The van der Waals surface area contributed by atoms with Crippen LogP contribution in [0.4, 0.5) is 5.69 Å². The fourth-order valence-corrected chi connectivity index (χ4v) is 5.96. The molecule has 3 aromatic rings. The molecule has 7 nitrogen and oxygen atoms in total. The van der Waals surface area contributed by atoms with Crippen LogP contribution < -0.4 is 9.62 Å². The summed E-state index contributed by atoms with van der Waals surface area (Å²) in [6, 6.07) is 14.9. The molecule has 0 fully saturated rings. The highest BCUT2D eigenvalue weighted by molar-refractivity contribution is 7.92. The molecule has 0 aliphatic rings. The van der Waals surface area contributed by atoms with E-state index in [2.05, 4.69) is 5.32 Å². The molecule has 1 unspecified atom stereocenters. The van der Waals surface area contributed by atoms with Crippen molar-refractivity contribution >= 4 is 62.3 Å². The van der Waals surface area contributed by atoms with Crippen molar-refractivity contribution in [1.82, 2.24) is 10.2 Å². The van der Waals surface area contributed by atoms with E-state index in [0.717, 1.165) is 21.9 Å². The first-order valence-electron chi connectivity index (χ1n) is 12.7. The molecule has 0 spiro atoms. The standard InChI is InChI=1S/C29H32Cl3N3O4S/c1-5-14-33-29(37)21(4)34(17-22-7-8-24(31)16-27(22)32)28(36)18-35(25-11-6-19(2)20(3)15-25)40(38,39)26-12-9-23(30)10-13-26/h6-13,15-16,21H,5,14,17-18H2,1-4H3,(H,33,37). The Bertz CT molecular complexity index is 1480. The monoisotopic (exact) mass is 623 g/mol. The Labute approximate surface area is 251 Å².